The van der Waals surface area contributed by atoms with Crippen molar-refractivity contribution in [2.45, 2.75) is 19.8 Å². The highest BCUT2D eigenvalue weighted by Gasteiger charge is 2.17. The molecular weight excluding hydrogens is 258 g/mol. The second-order valence-corrected chi connectivity index (χ2v) is 4.82. The molecule has 2 rings (SSSR count). The summed E-state index contributed by atoms with van der Waals surface area (Å²) in [6, 6.07) is 8.64. The van der Waals surface area contributed by atoms with Gasteiger partial charge >= 0.3 is 5.97 Å². The number of benzene rings is 1. The third kappa shape index (κ3) is 2.42. The van der Waals surface area contributed by atoms with E-state index in [9.17, 15) is 14.7 Å². The van der Waals surface area contributed by atoms with Crippen LogP contribution in [-0.2, 0) is 0 Å². The van der Waals surface area contributed by atoms with Crippen molar-refractivity contribution < 1.29 is 15.0 Å². The fraction of sp³-hybridized carbons (Fsp3) is 0.200. The monoisotopic (exact) mass is 273 g/mol. The zero-order chi connectivity index (χ0) is 14.9. The largest absolute Gasteiger partial charge is 0.502 e. The van der Waals surface area contributed by atoms with E-state index in [1.807, 2.05) is 38.1 Å². The van der Waals surface area contributed by atoms with E-state index < -0.39 is 22.8 Å². The highest BCUT2D eigenvalue weighted by molar-refractivity contribution is 5.89. The van der Waals surface area contributed by atoms with E-state index in [1.165, 1.54) is 6.07 Å². The van der Waals surface area contributed by atoms with E-state index in [0.29, 0.717) is 5.69 Å². The van der Waals surface area contributed by atoms with Crippen molar-refractivity contribution >= 4 is 5.97 Å². The maximum absolute atomic E-state index is 11.7. The Balaban J connectivity index is 2.71. The summed E-state index contributed by atoms with van der Waals surface area (Å²) < 4.78 is 0. The molecule has 0 spiro atoms. The van der Waals surface area contributed by atoms with Crippen molar-refractivity contribution in [1.82, 2.24) is 4.98 Å². The first-order chi connectivity index (χ1) is 9.41. The normalized spacial score (nSPS) is 10.8. The fourth-order valence-corrected chi connectivity index (χ4v) is 2.10. The summed E-state index contributed by atoms with van der Waals surface area (Å²) >= 11 is 0. The van der Waals surface area contributed by atoms with Gasteiger partial charge < -0.3 is 15.2 Å². The minimum atomic E-state index is -1.37. The van der Waals surface area contributed by atoms with Crippen LogP contribution in [0.25, 0.3) is 11.3 Å². The molecule has 1 aromatic carbocycles. The molecule has 5 nitrogen and oxygen atoms in total. The first kappa shape index (κ1) is 13.9. The zero-order valence-corrected chi connectivity index (χ0v) is 11.2. The van der Waals surface area contributed by atoms with Crippen LogP contribution in [0.3, 0.4) is 0 Å². The average molecular weight is 273 g/mol. The van der Waals surface area contributed by atoms with Gasteiger partial charge in [-0.05, 0) is 11.5 Å². The van der Waals surface area contributed by atoms with E-state index in [1.54, 1.807) is 0 Å². The van der Waals surface area contributed by atoms with Gasteiger partial charge in [0, 0.05) is 11.6 Å². The van der Waals surface area contributed by atoms with Gasteiger partial charge in [0.05, 0.1) is 5.69 Å². The molecule has 2 aromatic rings. The third-order valence-electron chi connectivity index (χ3n) is 3.09. The Labute approximate surface area is 115 Å². The number of carboxylic acid groups (broad SMARTS) is 1. The minimum absolute atomic E-state index is 0.219. The number of aromatic carboxylic acids is 1. The van der Waals surface area contributed by atoms with Gasteiger partial charge in [0.15, 0.2) is 11.4 Å². The van der Waals surface area contributed by atoms with Gasteiger partial charge in [-0.1, -0.05) is 38.1 Å². The summed E-state index contributed by atoms with van der Waals surface area (Å²) in [5, 5.41) is 18.5. The van der Waals surface area contributed by atoms with Crippen LogP contribution in [0.1, 0.15) is 35.8 Å². The summed E-state index contributed by atoms with van der Waals surface area (Å²) in [5.41, 5.74) is 0.919. The molecule has 0 amide bonds. The quantitative estimate of drug-likeness (QED) is 0.801. The van der Waals surface area contributed by atoms with E-state index in [-0.39, 0.29) is 5.92 Å². The SMILES string of the molecule is CC(C)c1ccccc1-c1cc(=O)c(O)c(C(=O)O)[nH]1. The zero-order valence-electron chi connectivity index (χ0n) is 11.2. The minimum Gasteiger partial charge on any atom is -0.502 e. The van der Waals surface area contributed by atoms with Gasteiger partial charge in [0.25, 0.3) is 0 Å². The maximum Gasteiger partial charge on any atom is 0.356 e. The van der Waals surface area contributed by atoms with Crippen molar-refractivity contribution in [3.63, 3.8) is 0 Å². The van der Waals surface area contributed by atoms with Gasteiger partial charge in [0.1, 0.15) is 0 Å². The predicted molar refractivity (Wildman–Crippen MR) is 75.2 cm³/mol. The molecule has 1 heterocycles. The van der Waals surface area contributed by atoms with E-state index in [0.717, 1.165) is 11.1 Å². The van der Waals surface area contributed by atoms with Crippen molar-refractivity contribution in [3.05, 3.63) is 51.8 Å². The van der Waals surface area contributed by atoms with Crippen molar-refractivity contribution in [2.75, 3.05) is 0 Å². The summed E-state index contributed by atoms with van der Waals surface area (Å²) in [6.07, 6.45) is 0. The van der Waals surface area contributed by atoms with Crippen molar-refractivity contribution in [3.8, 4) is 17.0 Å². The number of pyridine rings is 1. The standard InChI is InChI=1S/C15H15NO4/c1-8(2)9-5-3-4-6-10(9)11-7-12(17)14(18)13(16-11)15(19)20/h3-8,18H,1-2H3,(H,16,17)(H,19,20). The lowest BCUT2D eigenvalue weighted by molar-refractivity contribution is 0.0687. The number of aromatic hydroxyl groups is 1. The number of nitrogens with one attached hydrogen (secondary N) is 1. The summed E-state index contributed by atoms with van der Waals surface area (Å²) in [5.74, 6) is -1.93. The molecule has 0 aliphatic heterocycles. The average Bonchev–Trinajstić information content (AvgIpc) is 2.41. The number of H-pyrrole nitrogens is 1. The number of carbonyl (C=O) groups is 1. The molecule has 0 atom stereocenters. The van der Waals surface area contributed by atoms with Crippen LogP contribution in [0.5, 0.6) is 5.75 Å². The van der Waals surface area contributed by atoms with Crippen molar-refractivity contribution in [2.24, 2.45) is 0 Å². The number of hydrogen-bond donors (Lipinski definition) is 3. The number of rotatable bonds is 3. The van der Waals surface area contributed by atoms with Crippen LogP contribution >= 0.6 is 0 Å². The fourth-order valence-electron chi connectivity index (χ4n) is 2.10. The van der Waals surface area contributed by atoms with Crippen LogP contribution in [0.15, 0.2) is 35.1 Å². The Morgan fingerprint density at radius 3 is 2.50 bits per heavy atom. The molecular formula is C15H15NO4. The summed E-state index contributed by atoms with van der Waals surface area (Å²) in [6.45, 7) is 4.02. The lowest BCUT2D eigenvalue weighted by Gasteiger charge is -2.13. The molecule has 5 heteroatoms. The Morgan fingerprint density at radius 1 is 1.25 bits per heavy atom. The second-order valence-electron chi connectivity index (χ2n) is 4.82. The number of aromatic nitrogens is 1. The van der Waals surface area contributed by atoms with Crippen LogP contribution in [0.2, 0.25) is 0 Å². The molecule has 0 saturated carbocycles. The smallest absolute Gasteiger partial charge is 0.356 e. The van der Waals surface area contributed by atoms with E-state index in [4.69, 9.17) is 5.11 Å². The van der Waals surface area contributed by atoms with Crippen molar-refractivity contribution in [1.29, 1.82) is 0 Å². The molecule has 0 fully saturated rings. The summed E-state index contributed by atoms with van der Waals surface area (Å²) in [4.78, 5) is 25.3. The van der Waals surface area contributed by atoms with E-state index in [2.05, 4.69) is 4.98 Å². The van der Waals surface area contributed by atoms with Gasteiger partial charge in [-0.2, -0.15) is 0 Å². The Morgan fingerprint density at radius 2 is 1.90 bits per heavy atom. The van der Waals surface area contributed by atoms with E-state index >= 15 is 0 Å². The lowest BCUT2D eigenvalue weighted by atomic mass is 9.95. The van der Waals surface area contributed by atoms with Crippen LogP contribution in [0.4, 0.5) is 0 Å². The molecule has 0 radical (unpaired) electrons. The highest BCUT2D eigenvalue weighted by Crippen LogP contribution is 2.28. The Bertz CT molecular complexity index is 716. The van der Waals surface area contributed by atoms with Gasteiger partial charge in [-0.25, -0.2) is 4.79 Å². The number of aromatic amines is 1. The summed E-state index contributed by atoms with van der Waals surface area (Å²) in [7, 11) is 0. The van der Waals surface area contributed by atoms with Gasteiger partial charge in [-0.3, -0.25) is 4.79 Å². The molecule has 0 aliphatic carbocycles. The predicted octanol–water partition coefficient (Wildman–Crippen LogP) is 2.57. The first-order valence-corrected chi connectivity index (χ1v) is 6.20. The molecule has 0 unspecified atom stereocenters. The van der Waals surface area contributed by atoms with Gasteiger partial charge in [0.2, 0.25) is 5.43 Å². The third-order valence-corrected chi connectivity index (χ3v) is 3.09. The molecule has 0 aliphatic rings. The molecule has 20 heavy (non-hydrogen) atoms. The molecule has 0 saturated heterocycles. The molecule has 1 aromatic heterocycles. The highest BCUT2D eigenvalue weighted by atomic mass is 16.4. The van der Waals surface area contributed by atoms with Crippen LogP contribution in [0, 0.1) is 0 Å². The lowest BCUT2D eigenvalue weighted by Crippen LogP contribution is -2.11. The number of hydrogen-bond acceptors (Lipinski definition) is 3. The Kier molecular flexibility index (Phi) is 3.61. The van der Waals surface area contributed by atoms with Gasteiger partial charge in [-0.15, -0.1) is 0 Å². The first-order valence-electron chi connectivity index (χ1n) is 6.20. The topological polar surface area (TPSA) is 90.4 Å². The second kappa shape index (κ2) is 5.21. The molecule has 104 valence electrons. The molecule has 3 N–H and O–H groups in total. The molecule has 0 bridgehead atoms. The van der Waals surface area contributed by atoms with Crippen LogP contribution in [-0.4, -0.2) is 21.2 Å². The Hall–Kier alpha value is -2.56. The van der Waals surface area contributed by atoms with Crippen LogP contribution < -0.4 is 5.43 Å². The maximum atomic E-state index is 11.7. The number of carboxylic acids is 1.